The summed E-state index contributed by atoms with van der Waals surface area (Å²) in [6.07, 6.45) is 2.41. The lowest BCUT2D eigenvalue weighted by atomic mass is 10.1. The van der Waals surface area contributed by atoms with Gasteiger partial charge in [-0.3, -0.25) is 9.48 Å². The number of furan rings is 1. The molecule has 0 aliphatic carbocycles. The first kappa shape index (κ1) is 13.2. The number of hydrogen-bond acceptors (Lipinski definition) is 4. The van der Waals surface area contributed by atoms with Gasteiger partial charge < -0.3 is 9.15 Å². The quantitative estimate of drug-likeness (QED) is 0.675. The van der Waals surface area contributed by atoms with Gasteiger partial charge in [0.05, 0.1) is 11.3 Å². The topological polar surface area (TPSA) is 57.3 Å². The van der Waals surface area contributed by atoms with Gasteiger partial charge in [-0.05, 0) is 30.3 Å². The minimum atomic E-state index is 0.298. The second-order valence-electron chi connectivity index (χ2n) is 4.55. The molecule has 0 saturated carbocycles. The van der Waals surface area contributed by atoms with Crippen LogP contribution in [0.2, 0.25) is 0 Å². The van der Waals surface area contributed by atoms with E-state index in [1.165, 1.54) is 0 Å². The van der Waals surface area contributed by atoms with Gasteiger partial charge in [-0.15, -0.1) is 0 Å². The first-order valence-corrected chi connectivity index (χ1v) is 6.52. The van der Waals surface area contributed by atoms with E-state index < -0.39 is 0 Å². The lowest BCUT2D eigenvalue weighted by Crippen LogP contribution is -2.03. The maximum Gasteiger partial charge on any atom is 0.185 e. The van der Waals surface area contributed by atoms with Crippen LogP contribution in [-0.4, -0.2) is 16.1 Å². The number of para-hydroxylation sites is 1. The second-order valence-corrected chi connectivity index (χ2v) is 4.55. The van der Waals surface area contributed by atoms with Gasteiger partial charge in [0.15, 0.2) is 12.0 Å². The Morgan fingerprint density at radius 1 is 1.24 bits per heavy atom. The third-order valence-corrected chi connectivity index (χ3v) is 3.19. The fraction of sp³-hybridized carbons (Fsp3) is 0.125. The zero-order valence-electron chi connectivity index (χ0n) is 11.5. The van der Waals surface area contributed by atoms with Crippen LogP contribution in [0.25, 0.3) is 11.3 Å². The Morgan fingerprint density at radius 3 is 2.81 bits per heavy atom. The average molecular weight is 282 g/mol. The molecule has 0 unspecified atom stereocenters. The van der Waals surface area contributed by atoms with E-state index in [1.54, 1.807) is 23.0 Å². The van der Waals surface area contributed by atoms with E-state index in [1.807, 2.05) is 37.4 Å². The summed E-state index contributed by atoms with van der Waals surface area (Å²) in [4.78, 5) is 10.7. The Kier molecular flexibility index (Phi) is 3.55. The molecule has 0 radical (unpaired) electrons. The van der Waals surface area contributed by atoms with Gasteiger partial charge in [0.25, 0.3) is 0 Å². The Labute approximate surface area is 121 Å². The van der Waals surface area contributed by atoms with Crippen molar-refractivity contribution < 1.29 is 13.9 Å². The van der Waals surface area contributed by atoms with E-state index in [9.17, 15) is 4.79 Å². The Morgan fingerprint density at radius 2 is 2.10 bits per heavy atom. The average Bonchev–Trinajstić information content (AvgIpc) is 3.14. The van der Waals surface area contributed by atoms with Crippen molar-refractivity contribution in [2.24, 2.45) is 7.05 Å². The molecule has 3 rings (SSSR count). The molecule has 5 nitrogen and oxygen atoms in total. The molecule has 0 fully saturated rings. The number of ether oxygens (including phenoxy) is 1. The van der Waals surface area contributed by atoms with E-state index in [4.69, 9.17) is 9.15 Å². The third-order valence-electron chi connectivity index (χ3n) is 3.19. The number of carbonyl (C=O) groups excluding carboxylic acids is 1. The SMILES string of the molecule is Cn1nccc1COc1ccccc1-c1ccc(C=O)o1. The number of hydrogen-bond donors (Lipinski definition) is 0. The molecular formula is C16H14N2O3. The van der Waals surface area contributed by atoms with E-state index in [0.29, 0.717) is 30.2 Å². The molecule has 21 heavy (non-hydrogen) atoms. The first-order valence-electron chi connectivity index (χ1n) is 6.52. The normalized spacial score (nSPS) is 10.5. The van der Waals surface area contributed by atoms with Crippen LogP contribution in [0.4, 0.5) is 0 Å². The van der Waals surface area contributed by atoms with Gasteiger partial charge in [0, 0.05) is 13.2 Å². The molecule has 1 aromatic carbocycles. The first-order chi connectivity index (χ1) is 10.3. The summed E-state index contributed by atoms with van der Waals surface area (Å²) in [5, 5.41) is 4.10. The molecule has 106 valence electrons. The van der Waals surface area contributed by atoms with Crippen molar-refractivity contribution in [3.8, 4) is 17.1 Å². The molecule has 2 heterocycles. The van der Waals surface area contributed by atoms with Crippen molar-refractivity contribution in [3.63, 3.8) is 0 Å². The minimum Gasteiger partial charge on any atom is -0.487 e. The highest BCUT2D eigenvalue weighted by Crippen LogP contribution is 2.31. The standard InChI is InChI=1S/C16H14N2O3/c1-18-12(8-9-17-18)11-20-15-5-3-2-4-14(15)16-7-6-13(10-19)21-16/h2-10H,11H2,1H3. The van der Waals surface area contributed by atoms with Gasteiger partial charge in [0.1, 0.15) is 18.1 Å². The summed E-state index contributed by atoms with van der Waals surface area (Å²) in [6, 6.07) is 12.9. The van der Waals surface area contributed by atoms with Crippen LogP contribution in [0.15, 0.2) is 53.1 Å². The van der Waals surface area contributed by atoms with Crippen LogP contribution in [0.5, 0.6) is 5.75 Å². The van der Waals surface area contributed by atoms with E-state index in [-0.39, 0.29) is 0 Å². The number of benzene rings is 1. The van der Waals surface area contributed by atoms with E-state index >= 15 is 0 Å². The third kappa shape index (κ3) is 2.72. The van der Waals surface area contributed by atoms with Gasteiger partial charge in [-0.1, -0.05) is 12.1 Å². The second kappa shape index (κ2) is 5.66. The van der Waals surface area contributed by atoms with Crippen molar-refractivity contribution in [2.75, 3.05) is 0 Å². The molecule has 0 atom stereocenters. The number of carbonyl (C=O) groups is 1. The highest BCUT2D eigenvalue weighted by molar-refractivity contribution is 5.74. The number of aryl methyl sites for hydroxylation is 1. The molecular weight excluding hydrogens is 268 g/mol. The van der Waals surface area contributed by atoms with Crippen LogP contribution in [-0.2, 0) is 13.7 Å². The molecule has 5 heteroatoms. The predicted octanol–water partition coefficient (Wildman–Crippen LogP) is 3.07. The van der Waals surface area contributed by atoms with Gasteiger partial charge in [0.2, 0.25) is 0 Å². The Balaban J connectivity index is 1.85. The molecule has 0 spiro atoms. The number of nitrogens with zero attached hydrogens (tertiary/aromatic N) is 2. The van der Waals surface area contributed by atoms with Gasteiger partial charge in [-0.25, -0.2) is 0 Å². The minimum absolute atomic E-state index is 0.298. The van der Waals surface area contributed by atoms with Crippen molar-refractivity contribution in [2.45, 2.75) is 6.61 Å². The molecule has 0 saturated heterocycles. The summed E-state index contributed by atoms with van der Waals surface area (Å²) in [6.45, 7) is 0.411. The van der Waals surface area contributed by atoms with Crippen molar-refractivity contribution in [1.29, 1.82) is 0 Å². The summed E-state index contributed by atoms with van der Waals surface area (Å²) < 4.78 is 13.1. The Hall–Kier alpha value is -2.82. The van der Waals surface area contributed by atoms with E-state index in [2.05, 4.69) is 5.10 Å². The molecule has 0 N–H and O–H groups in total. The molecule has 3 aromatic rings. The maximum absolute atomic E-state index is 10.7. The zero-order valence-corrected chi connectivity index (χ0v) is 11.5. The van der Waals surface area contributed by atoms with Crippen molar-refractivity contribution >= 4 is 6.29 Å². The van der Waals surface area contributed by atoms with Crippen LogP contribution in [0.1, 0.15) is 16.2 Å². The summed E-state index contributed by atoms with van der Waals surface area (Å²) in [7, 11) is 1.87. The number of rotatable bonds is 5. The molecule has 0 aliphatic rings. The zero-order chi connectivity index (χ0) is 14.7. The monoisotopic (exact) mass is 282 g/mol. The van der Waals surface area contributed by atoms with Crippen LogP contribution in [0.3, 0.4) is 0 Å². The molecule has 0 aliphatic heterocycles. The van der Waals surface area contributed by atoms with Crippen molar-refractivity contribution in [3.05, 3.63) is 60.1 Å². The molecule has 0 amide bonds. The largest absolute Gasteiger partial charge is 0.487 e. The smallest absolute Gasteiger partial charge is 0.185 e. The van der Waals surface area contributed by atoms with Crippen molar-refractivity contribution in [1.82, 2.24) is 9.78 Å². The highest BCUT2D eigenvalue weighted by Gasteiger charge is 2.11. The fourth-order valence-corrected chi connectivity index (χ4v) is 2.05. The summed E-state index contributed by atoms with van der Waals surface area (Å²) in [5.41, 5.74) is 1.78. The summed E-state index contributed by atoms with van der Waals surface area (Å²) >= 11 is 0. The van der Waals surface area contributed by atoms with E-state index in [0.717, 1.165) is 11.3 Å². The van der Waals surface area contributed by atoms with Crippen LogP contribution >= 0.6 is 0 Å². The van der Waals surface area contributed by atoms with Gasteiger partial charge >= 0.3 is 0 Å². The van der Waals surface area contributed by atoms with Crippen LogP contribution in [0, 0.1) is 0 Å². The lowest BCUT2D eigenvalue weighted by molar-refractivity contribution is 0.110. The van der Waals surface area contributed by atoms with Gasteiger partial charge in [-0.2, -0.15) is 5.10 Å². The molecule has 0 bridgehead atoms. The fourth-order valence-electron chi connectivity index (χ4n) is 2.05. The van der Waals surface area contributed by atoms with Crippen LogP contribution < -0.4 is 4.74 Å². The maximum atomic E-state index is 10.7. The Bertz CT molecular complexity index is 758. The number of aromatic nitrogens is 2. The lowest BCUT2D eigenvalue weighted by Gasteiger charge is -2.10. The predicted molar refractivity (Wildman–Crippen MR) is 77.1 cm³/mol. The molecule has 2 aromatic heterocycles. The highest BCUT2D eigenvalue weighted by atomic mass is 16.5. The number of aldehydes is 1. The summed E-state index contributed by atoms with van der Waals surface area (Å²) in [5.74, 6) is 1.61.